The Labute approximate surface area is 173 Å². The number of rotatable bonds is 4. The van der Waals surface area contributed by atoms with Crippen LogP contribution in [0.2, 0.25) is 0 Å². The Morgan fingerprint density at radius 2 is 2.00 bits per heavy atom. The first-order valence-electron chi connectivity index (χ1n) is 10.1. The topological polar surface area (TPSA) is 88.6 Å². The minimum atomic E-state index is -0.264. The lowest BCUT2D eigenvalue weighted by molar-refractivity contribution is 0.338. The van der Waals surface area contributed by atoms with Gasteiger partial charge in [0.25, 0.3) is 0 Å². The third-order valence-corrected chi connectivity index (χ3v) is 6.29. The molecule has 1 aliphatic heterocycles. The SMILES string of the molecule is Cn1cc(-c2cc(F)cc(C3(CN)CCN(c4ncnc5[nH]ccc45)CC3)c2)cn1. The van der Waals surface area contributed by atoms with E-state index in [1.807, 2.05) is 25.5 Å². The van der Waals surface area contributed by atoms with Gasteiger partial charge in [-0.05, 0) is 42.2 Å². The third kappa shape index (κ3) is 3.13. The number of aromatic nitrogens is 5. The molecule has 0 unspecified atom stereocenters. The number of piperidine rings is 1. The molecule has 0 amide bonds. The van der Waals surface area contributed by atoms with Crippen LogP contribution in [0.4, 0.5) is 10.2 Å². The summed E-state index contributed by atoms with van der Waals surface area (Å²) in [6, 6.07) is 7.26. The number of benzene rings is 1. The average molecular weight is 405 g/mol. The maximum Gasteiger partial charge on any atom is 0.142 e. The second-order valence-electron chi connectivity index (χ2n) is 8.04. The second-order valence-corrected chi connectivity index (χ2v) is 8.04. The summed E-state index contributed by atoms with van der Waals surface area (Å²) in [4.78, 5) is 14.2. The van der Waals surface area contributed by atoms with Crippen molar-refractivity contribution in [3.8, 4) is 11.1 Å². The van der Waals surface area contributed by atoms with Crippen LogP contribution < -0.4 is 10.6 Å². The van der Waals surface area contributed by atoms with Gasteiger partial charge >= 0.3 is 0 Å². The molecule has 1 saturated heterocycles. The number of hydrogen-bond donors (Lipinski definition) is 2. The fraction of sp³-hybridized carbons (Fsp3) is 0.318. The van der Waals surface area contributed by atoms with Crippen LogP contribution in [-0.2, 0) is 12.5 Å². The van der Waals surface area contributed by atoms with Gasteiger partial charge in [0.15, 0.2) is 0 Å². The molecule has 0 atom stereocenters. The number of nitrogens with one attached hydrogen (secondary N) is 1. The Morgan fingerprint density at radius 3 is 2.73 bits per heavy atom. The molecule has 8 heteroatoms. The number of halogens is 1. The van der Waals surface area contributed by atoms with Crippen molar-refractivity contribution in [3.63, 3.8) is 0 Å². The van der Waals surface area contributed by atoms with Crippen LogP contribution in [-0.4, -0.2) is 44.4 Å². The number of nitrogens with two attached hydrogens (primary N) is 1. The molecule has 1 aromatic carbocycles. The lowest BCUT2D eigenvalue weighted by Gasteiger charge is -2.42. The molecular formula is C22H24FN7. The van der Waals surface area contributed by atoms with E-state index in [0.29, 0.717) is 6.54 Å². The van der Waals surface area contributed by atoms with E-state index in [-0.39, 0.29) is 11.2 Å². The lowest BCUT2D eigenvalue weighted by Crippen LogP contribution is -2.47. The van der Waals surface area contributed by atoms with Gasteiger partial charge in [0.05, 0.1) is 11.6 Å². The van der Waals surface area contributed by atoms with E-state index in [0.717, 1.165) is 59.5 Å². The zero-order valence-electron chi connectivity index (χ0n) is 16.8. The summed E-state index contributed by atoms with van der Waals surface area (Å²) in [6.07, 6.45) is 8.78. The molecule has 3 N–H and O–H groups in total. The number of aromatic amines is 1. The van der Waals surface area contributed by atoms with E-state index in [1.165, 1.54) is 0 Å². The molecule has 4 heterocycles. The summed E-state index contributed by atoms with van der Waals surface area (Å²) in [7, 11) is 1.86. The first kappa shape index (κ1) is 18.7. The lowest BCUT2D eigenvalue weighted by atomic mass is 9.72. The molecule has 0 spiro atoms. The van der Waals surface area contributed by atoms with Crippen molar-refractivity contribution >= 4 is 16.9 Å². The van der Waals surface area contributed by atoms with Crippen molar-refractivity contribution in [2.45, 2.75) is 18.3 Å². The Kier molecular flexibility index (Phi) is 4.51. The van der Waals surface area contributed by atoms with Crippen LogP contribution in [0.1, 0.15) is 18.4 Å². The Morgan fingerprint density at radius 1 is 1.17 bits per heavy atom. The number of anilines is 1. The zero-order chi connectivity index (χ0) is 20.7. The highest BCUT2D eigenvalue weighted by atomic mass is 19.1. The van der Waals surface area contributed by atoms with E-state index in [9.17, 15) is 4.39 Å². The van der Waals surface area contributed by atoms with Gasteiger partial charge in [0.1, 0.15) is 23.6 Å². The number of H-pyrrole nitrogens is 1. The van der Waals surface area contributed by atoms with E-state index in [1.54, 1.807) is 29.3 Å². The molecular weight excluding hydrogens is 381 g/mol. The van der Waals surface area contributed by atoms with Gasteiger partial charge < -0.3 is 15.6 Å². The van der Waals surface area contributed by atoms with Gasteiger partial charge in [0, 0.05) is 50.1 Å². The van der Waals surface area contributed by atoms with Crippen molar-refractivity contribution in [3.05, 3.63) is 60.6 Å². The van der Waals surface area contributed by atoms with E-state index >= 15 is 0 Å². The molecule has 0 aliphatic carbocycles. The maximum atomic E-state index is 14.6. The summed E-state index contributed by atoms with van der Waals surface area (Å²) < 4.78 is 16.3. The monoisotopic (exact) mass is 405 g/mol. The van der Waals surface area contributed by atoms with Crippen LogP contribution in [0.15, 0.2) is 49.2 Å². The van der Waals surface area contributed by atoms with Crippen molar-refractivity contribution in [2.24, 2.45) is 12.8 Å². The van der Waals surface area contributed by atoms with Gasteiger partial charge in [-0.2, -0.15) is 5.10 Å². The normalized spacial score (nSPS) is 16.3. The average Bonchev–Trinajstić information content (AvgIpc) is 3.42. The highest BCUT2D eigenvalue weighted by Gasteiger charge is 2.36. The molecule has 0 bridgehead atoms. The number of hydrogen-bond acceptors (Lipinski definition) is 5. The van der Waals surface area contributed by atoms with Gasteiger partial charge in [0.2, 0.25) is 0 Å². The van der Waals surface area contributed by atoms with Crippen molar-refractivity contribution in [1.29, 1.82) is 0 Å². The quantitative estimate of drug-likeness (QED) is 0.545. The first-order chi connectivity index (χ1) is 14.6. The fourth-order valence-electron chi connectivity index (χ4n) is 4.50. The minimum absolute atomic E-state index is 0.244. The molecule has 5 rings (SSSR count). The molecule has 30 heavy (non-hydrogen) atoms. The third-order valence-electron chi connectivity index (χ3n) is 6.29. The predicted molar refractivity (Wildman–Crippen MR) is 115 cm³/mol. The molecule has 1 fully saturated rings. The maximum absolute atomic E-state index is 14.6. The van der Waals surface area contributed by atoms with Crippen molar-refractivity contribution < 1.29 is 4.39 Å². The summed E-state index contributed by atoms with van der Waals surface area (Å²) in [5, 5.41) is 5.23. The van der Waals surface area contributed by atoms with E-state index in [4.69, 9.17) is 5.73 Å². The number of aryl methyl sites for hydroxylation is 1. The standard InChI is InChI=1S/C22H24FN7/c1-29-12-16(11-28-29)15-8-17(10-18(23)9-15)22(13-24)3-6-30(7-4-22)21-19-2-5-25-20(19)26-14-27-21/h2,5,8-12,14H,3-4,6-7,13,24H2,1H3,(H,25,26,27). The summed E-state index contributed by atoms with van der Waals surface area (Å²) >= 11 is 0. The van der Waals surface area contributed by atoms with Crippen molar-refractivity contribution in [1.82, 2.24) is 24.7 Å². The van der Waals surface area contributed by atoms with Crippen LogP contribution in [0.25, 0.3) is 22.2 Å². The van der Waals surface area contributed by atoms with Gasteiger partial charge in [-0.25, -0.2) is 14.4 Å². The fourth-order valence-corrected chi connectivity index (χ4v) is 4.50. The van der Waals surface area contributed by atoms with Crippen LogP contribution >= 0.6 is 0 Å². The number of nitrogens with zero attached hydrogens (tertiary/aromatic N) is 5. The van der Waals surface area contributed by atoms with Gasteiger partial charge in [-0.1, -0.05) is 6.07 Å². The highest BCUT2D eigenvalue weighted by Crippen LogP contribution is 2.38. The summed E-state index contributed by atoms with van der Waals surface area (Å²) in [5.74, 6) is 0.689. The zero-order valence-corrected chi connectivity index (χ0v) is 16.8. The van der Waals surface area contributed by atoms with E-state index in [2.05, 4.69) is 31.0 Å². The minimum Gasteiger partial charge on any atom is -0.356 e. The highest BCUT2D eigenvalue weighted by molar-refractivity contribution is 5.87. The molecule has 0 radical (unpaired) electrons. The molecule has 154 valence electrons. The number of fused-ring (bicyclic) bond motifs is 1. The molecule has 7 nitrogen and oxygen atoms in total. The van der Waals surface area contributed by atoms with Crippen LogP contribution in [0.5, 0.6) is 0 Å². The molecule has 1 aliphatic rings. The van der Waals surface area contributed by atoms with Crippen LogP contribution in [0, 0.1) is 5.82 Å². The van der Waals surface area contributed by atoms with Gasteiger partial charge in [-0.15, -0.1) is 0 Å². The Bertz CT molecular complexity index is 1190. The van der Waals surface area contributed by atoms with Crippen molar-refractivity contribution in [2.75, 3.05) is 24.5 Å². The molecule has 0 saturated carbocycles. The van der Waals surface area contributed by atoms with Crippen LogP contribution in [0.3, 0.4) is 0 Å². The van der Waals surface area contributed by atoms with Gasteiger partial charge in [-0.3, -0.25) is 4.68 Å². The molecule has 4 aromatic rings. The Hall–Kier alpha value is -3.26. The first-order valence-corrected chi connectivity index (χ1v) is 10.1. The smallest absolute Gasteiger partial charge is 0.142 e. The summed E-state index contributed by atoms with van der Waals surface area (Å²) in [5.41, 5.74) is 9.54. The summed E-state index contributed by atoms with van der Waals surface area (Å²) in [6.45, 7) is 2.07. The Balaban J connectivity index is 1.45. The largest absolute Gasteiger partial charge is 0.356 e. The second kappa shape index (κ2) is 7.21. The van der Waals surface area contributed by atoms with E-state index < -0.39 is 0 Å². The molecule has 3 aromatic heterocycles. The predicted octanol–water partition coefficient (Wildman–Crippen LogP) is 2.99.